The van der Waals surface area contributed by atoms with E-state index in [-0.39, 0.29) is 16.2 Å². The molecule has 2 aromatic carbocycles. The molecular formula is C14H11ClO5S. The summed E-state index contributed by atoms with van der Waals surface area (Å²) in [5.41, 5.74) is 0.00263. The molecule has 0 bridgehead atoms. The van der Waals surface area contributed by atoms with Crippen molar-refractivity contribution in [1.29, 1.82) is 0 Å². The number of phenols is 2. The molecule has 7 heteroatoms. The number of carbonyl (C=O) groups excluding carboxylic acids is 1. The van der Waals surface area contributed by atoms with Crippen LogP contribution in [0.5, 0.6) is 11.5 Å². The minimum Gasteiger partial charge on any atom is -0.504 e. The van der Waals surface area contributed by atoms with E-state index in [0.29, 0.717) is 5.02 Å². The predicted octanol–water partition coefficient (Wildman–Crippen LogP) is 2.41. The molecule has 0 saturated carbocycles. The molecule has 0 amide bonds. The molecule has 0 spiro atoms. The third-order valence-electron chi connectivity index (χ3n) is 2.79. The first-order chi connectivity index (χ1) is 9.79. The van der Waals surface area contributed by atoms with Gasteiger partial charge in [0, 0.05) is 10.6 Å². The number of rotatable bonds is 4. The highest BCUT2D eigenvalue weighted by Gasteiger charge is 2.21. The van der Waals surface area contributed by atoms with Gasteiger partial charge in [-0.3, -0.25) is 4.79 Å². The molecule has 0 radical (unpaired) electrons. The first kappa shape index (κ1) is 15.3. The van der Waals surface area contributed by atoms with Crippen LogP contribution in [0.3, 0.4) is 0 Å². The van der Waals surface area contributed by atoms with E-state index in [4.69, 9.17) is 11.6 Å². The van der Waals surface area contributed by atoms with E-state index in [1.807, 2.05) is 0 Å². The van der Waals surface area contributed by atoms with Gasteiger partial charge in [0.05, 0.1) is 4.90 Å². The van der Waals surface area contributed by atoms with Gasteiger partial charge in [0.2, 0.25) is 0 Å². The SMILES string of the molecule is O=C(CS(=O)(=O)c1ccc(Cl)cc1)c1ccc(O)c(O)c1. The van der Waals surface area contributed by atoms with Crippen LogP contribution in [0.2, 0.25) is 5.02 Å². The summed E-state index contributed by atoms with van der Waals surface area (Å²) >= 11 is 5.68. The highest BCUT2D eigenvalue weighted by molar-refractivity contribution is 7.92. The largest absolute Gasteiger partial charge is 0.504 e. The molecule has 0 heterocycles. The summed E-state index contributed by atoms with van der Waals surface area (Å²) in [7, 11) is -3.80. The molecule has 0 saturated heterocycles. The molecule has 0 atom stereocenters. The van der Waals surface area contributed by atoms with Crippen molar-refractivity contribution in [2.24, 2.45) is 0 Å². The van der Waals surface area contributed by atoms with Gasteiger partial charge in [-0.05, 0) is 42.5 Å². The molecule has 0 aromatic heterocycles. The minimum absolute atomic E-state index is 0.00263. The van der Waals surface area contributed by atoms with Gasteiger partial charge in [-0.15, -0.1) is 0 Å². The van der Waals surface area contributed by atoms with Crippen LogP contribution >= 0.6 is 11.6 Å². The summed E-state index contributed by atoms with van der Waals surface area (Å²) < 4.78 is 24.2. The van der Waals surface area contributed by atoms with Gasteiger partial charge in [0.1, 0.15) is 5.75 Å². The first-order valence-corrected chi connectivity index (χ1v) is 7.86. The molecule has 0 unspecified atom stereocenters. The third-order valence-corrected chi connectivity index (χ3v) is 4.68. The average molecular weight is 327 g/mol. The van der Waals surface area contributed by atoms with E-state index in [1.54, 1.807) is 0 Å². The number of Topliss-reactive ketones (excluding diaryl/α,β-unsaturated/α-hetero) is 1. The second kappa shape index (κ2) is 5.75. The van der Waals surface area contributed by atoms with Crippen molar-refractivity contribution in [2.75, 3.05) is 5.75 Å². The quantitative estimate of drug-likeness (QED) is 0.665. The van der Waals surface area contributed by atoms with Crippen LogP contribution in [-0.2, 0) is 9.84 Å². The molecule has 0 aliphatic rings. The zero-order valence-corrected chi connectivity index (χ0v) is 12.2. The number of hydrogen-bond acceptors (Lipinski definition) is 5. The van der Waals surface area contributed by atoms with Gasteiger partial charge >= 0.3 is 0 Å². The van der Waals surface area contributed by atoms with Crippen molar-refractivity contribution in [1.82, 2.24) is 0 Å². The Morgan fingerprint density at radius 2 is 1.62 bits per heavy atom. The number of hydrogen-bond donors (Lipinski definition) is 2. The number of ketones is 1. The maximum atomic E-state index is 12.1. The number of carbonyl (C=O) groups is 1. The van der Waals surface area contributed by atoms with E-state index < -0.39 is 27.1 Å². The van der Waals surface area contributed by atoms with Crippen molar-refractivity contribution in [3.8, 4) is 11.5 Å². The van der Waals surface area contributed by atoms with Crippen LogP contribution in [-0.4, -0.2) is 30.2 Å². The minimum atomic E-state index is -3.80. The van der Waals surface area contributed by atoms with Crippen LogP contribution in [0.4, 0.5) is 0 Å². The third kappa shape index (κ3) is 3.53. The Kier molecular flexibility index (Phi) is 4.20. The van der Waals surface area contributed by atoms with Gasteiger partial charge in [-0.25, -0.2) is 8.42 Å². The summed E-state index contributed by atoms with van der Waals surface area (Å²) in [5.74, 6) is -2.28. The van der Waals surface area contributed by atoms with Crippen molar-refractivity contribution >= 4 is 27.2 Å². The van der Waals surface area contributed by atoms with E-state index in [2.05, 4.69) is 0 Å². The lowest BCUT2D eigenvalue weighted by atomic mass is 10.1. The van der Waals surface area contributed by atoms with Crippen LogP contribution in [0.15, 0.2) is 47.4 Å². The van der Waals surface area contributed by atoms with Gasteiger partial charge in [-0.1, -0.05) is 11.6 Å². The molecule has 0 aliphatic heterocycles. The van der Waals surface area contributed by atoms with Crippen LogP contribution < -0.4 is 0 Å². The Bertz CT molecular complexity index is 782. The highest BCUT2D eigenvalue weighted by Crippen LogP contribution is 2.25. The van der Waals surface area contributed by atoms with Gasteiger partial charge in [-0.2, -0.15) is 0 Å². The van der Waals surface area contributed by atoms with E-state index in [1.165, 1.54) is 30.3 Å². The van der Waals surface area contributed by atoms with Gasteiger partial charge < -0.3 is 10.2 Å². The van der Waals surface area contributed by atoms with Crippen molar-refractivity contribution in [2.45, 2.75) is 4.90 Å². The monoisotopic (exact) mass is 326 g/mol. The van der Waals surface area contributed by atoms with E-state index >= 15 is 0 Å². The topological polar surface area (TPSA) is 91.7 Å². The maximum absolute atomic E-state index is 12.1. The molecule has 5 nitrogen and oxygen atoms in total. The lowest BCUT2D eigenvalue weighted by molar-refractivity contribution is 0.102. The number of aromatic hydroxyl groups is 2. The zero-order chi connectivity index (χ0) is 15.6. The molecule has 0 fully saturated rings. The first-order valence-electron chi connectivity index (χ1n) is 5.83. The molecule has 110 valence electrons. The summed E-state index contributed by atoms with van der Waals surface area (Å²) in [5, 5.41) is 18.9. The lowest BCUT2D eigenvalue weighted by Gasteiger charge is -2.05. The molecular weight excluding hydrogens is 316 g/mol. The molecule has 2 N–H and O–H groups in total. The molecule has 2 aromatic rings. The lowest BCUT2D eigenvalue weighted by Crippen LogP contribution is -2.16. The fourth-order valence-electron chi connectivity index (χ4n) is 1.68. The van der Waals surface area contributed by atoms with Gasteiger partial charge in [0.15, 0.2) is 27.1 Å². The maximum Gasteiger partial charge on any atom is 0.185 e. The smallest absolute Gasteiger partial charge is 0.185 e. The Morgan fingerprint density at radius 3 is 2.19 bits per heavy atom. The van der Waals surface area contributed by atoms with Crippen LogP contribution in [0.25, 0.3) is 0 Å². The van der Waals surface area contributed by atoms with Gasteiger partial charge in [0.25, 0.3) is 0 Å². The number of benzene rings is 2. The average Bonchev–Trinajstić information content (AvgIpc) is 2.41. The van der Waals surface area contributed by atoms with E-state index in [0.717, 1.165) is 12.1 Å². The van der Waals surface area contributed by atoms with Crippen molar-refractivity contribution in [3.05, 3.63) is 53.1 Å². The second-order valence-electron chi connectivity index (χ2n) is 4.34. The van der Waals surface area contributed by atoms with Crippen molar-refractivity contribution in [3.63, 3.8) is 0 Å². The van der Waals surface area contributed by atoms with Crippen LogP contribution in [0.1, 0.15) is 10.4 Å². The summed E-state index contributed by atoms with van der Waals surface area (Å²) in [6.07, 6.45) is 0. The zero-order valence-electron chi connectivity index (χ0n) is 10.7. The second-order valence-corrected chi connectivity index (χ2v) is 6.77. The Hall–Kier alpha value is -2.05. The molecule has 0 aliphatic carbocycles. The Morgan fingerprint density at radius 1 is 1.00 bits per heavy atom. The summed E-state index contributed by atoms with van der Waals surface area (Å²) in [4.78, 5) is 12.0. The number of halogens is 1. The van der Waals surface area contributed by atoms with Crippen molar-refractivity contribution < 1.29 is 23.4 Å². The molecule has 21 heavy (non-hydrogen) atoms. The standard InChI is InChI=1S/C14H11ClO5S/c15-10-2-4-11(5-3-10)21(19,20)8-14(18)9-1-6-12(16)13(17)7-9/h1-7,16-17H,8H2. The number of sulfone groups is 1. The van der Waals surface area contributed by atoms with Crippen LogP contribution in [0, 0.1) is 0 Å². The Labute approximate surface area is 126 Å². The van der Waals surface area contributed by atoms with E-state index in [9.17, 15) is 23.4 Å². The summed E-state index contributed by atoms with van der Waals surface area (Å²) in [6.45, 7) is 0. The fraction of sp³-hybridized carbons (Fsp3) is 0.0714. The molecule has 2 rings (SSSR count). The Balaban J connectivity index is 2.25. The normalized spacial score (nSPS) is 11.3. The fourth-order valence-corrected chi connectivity index (χ4v) is 3.03. The number of phenolic OH excluding ortho intramolecular Hbond substituents is 2. The highest BCUT2D eigenvalue weighted by atomic mass is 35.5. The predicted molar refractivity (Wildman–Crippen MR) is 77.6 cm³/mol. The summed E-state index contributed by atoms with van der Waals surface area (Å²) in [6, 6.07) is 8.87.